The van der Waals surface area contributed by atoms with Gasteiger partial charge in [0.05, 0.1) is 31.3 Å². The number of benzene rings is 2. The Morgan fingerprint density at radius 2 is 1.84 bits per heavy atom. The van der Waals surface area contributed by atoms with Gasteiger partial charge in [-0.05, 0) is 49.1 Å². The maximum Gasteiger partial charge on any atom is 0.243 e. The first-order valence-electron chi connectivity index (χ1n) is 11.0. The fourth-order valence-corrected chi connectivity index (χ4v) is 5.24. The second-order valence-electron chi connectivity index (χ2n) is 7.93. The molecular weight excluding hydrogens is 428 g/mol. The van der Waals surface area contributed by atoms with Crippen LogP contribution in [0.2, 0.25) is 0 Å². The van der Waals surface area contributed by atoms with Crippen molar-refractivity contribution in [1.82, 2.24) is 9.62 Å². The zero-order chi connectivity index (χ0) is 23.1. The molecule has 32 heavy (non-hydrogen) atoms. The Bertz CT molecular complexity index is 1020. The van der Waals surface area contributed by atoms with Crippen LogP contribution in [0.15, 0.2) is 47.4 Å². The minimum absolute atomic E-state index is 0.0574. The lowest BCUT2D eigenvalue weighted by Crippen LogP contribution is -2.40. The van der Waals surface area contributed by atoms with Gasteiger partial charge in [-0.2, -0.15) is 4.31 Å². The first-order chi connectivity index (χ1) is 15.3. The van der Waals surface area contributed by atoms with Crippen LogP contribution in [0.25, 0.3) is 0 Å². The van der Waals surface area contributed by atoms with Crippen LogP contribution in [0, 0.1) is 6.92 Å². The Morgan fingerprint density at radius 3 is 2.47 bits per heavy atom. The number of sulfonamides is 1. The van der Waals surface area contributed by atoms with Crippen LogP contribution in [-0.2, 0) is 26.0 Å². The van der Waals surface area contributed by atoms with Crippen molar-refractivity contribution < 1.29 is 22.7 Å². The van der Waals surface area contributed by atoms with Gasteiger partial charge in [0.2, 0.25) is 15.9 Å². The van der Waals surface area contributed by atoms with Gasteiger partial charge in [-0.1, -0.05) is 36.8 Å². The highest BCUT2D eigenvalue weighted by molar-refractivity contribution is 7.89. The highest BCUT2D eigenvalue weighted by Crippen LogP contribution is 2.26. The SMILES string of the molecule is CC[C@H](NC(=O)CCc1cc(S(=O)(=O)N2CCOCC2)ccc1OC)c1ccc(C)cc1. The quantitative estimate of drug-likeness (QED) is 0.621. The van der Waals surface area contributed by atoms with Gasteiger partial charge >= 0.3 is 0 Å². The number of methoxy groups -OCH3 is 1. The van der Waals surface area contributed by atoms with Crippen molar-refractivity contribution in [1.29, 1.82) is 0 Å². The maximum atomic E-state index is 13.0. The number of amides is 1. The molecule has 1 amide bonds. The molecule has 1 aliphatic heterocycles. The second-order valence-corrected chi connectivity index (χ2v) is 9.87. The van der Waals surface area contributed by atoms with Crippen molar-refractivity contribution in [3.05, 3.63) is 59.2 Å². The van der Waals surface area contributed by atoms with Gasteiger partial charge < -0.3 is 14.8 Å². The van der Waals surface area contributed by atoms with Crippen molar-refractivity contribution >= 4 is 15.9 Å². The lowest BCUT2D eigenvalue weighted by molar-refractivity contribution is -0.121. The van der Waals surface area contributed by atoms with Crippen LogP contribution in [-0.4, -0.2) is 52.0 Å². The first-order valence-corrected chi connectivity index (χ1v) is 12.4. The maximum absolute atomic E-state index is 13.0. The van der Waals surface area contributed by atoms with Gasteiger partial charge in [-0.3, -0.25) is 4.79 Å². The van der Waals surface area contributed by atoms with E-state index in [1.165, 1.54) is 9.87 Å². The Labute approximate surface area is 190 Å². The van der Waals surface area contributed by atoms with Crippen LogP contribution in [0.1, 0.15) is 42.5 Å². The van der Waals surface area contributed by atoms with Gasteiger partial charge in [0.1, 0.15) is 5.75 Å². The third-order valence-electron chi connectivity index (χ3n) is 5.70. The highest BCUT2D eigenvalue weighted by atomic mass is 32.2. The number of hydrogen-bond donors (Lipinski definition) is 1. The highest BCUT2D eigenvalue weighted by Gasteiger charge is 2.27. The molecule has 2 aromatic rings. The van der Waals surface area contributed by atoms with E-state index in [-0.39, 0.29) is 23.3 Å². The average molecular weight is 461 g/mol. The minimum Gasteiger partial charge on any atom is -0.496 e. The molecule has 0 aliphatic carbocycles. The number of rotatable bonds is 9. The number of carbonyl (C=O) groups is 1. The summed E-state index contributed by atoms with van der Waals surface area (Å²) in [6, 6.07) is 12.9. The number of aryl methyl sites for hydroxylation is 2. The van der Waals surface area contributed by atoms with E-state index in [1.807, 2.05) is 38.1 Å². The number of nitrogens with one attached hydrogen (secondary N) is 1. The summed E-state index contributed by atoms with van der Waals surface area (Å²) in [4.78, 5) is 12.9. The lowest BCUT2D eigenvalue weighted by atomic mass is 10.0. The topological polar surface area (TPSA) is 84.9 Å². The lowest BCUT2D eigenvalue weighted by Gasteiger charge is -2.26. The summed E-state index contributed by atoms with van der Waals surface area (Å²) in [7, 11) is -2.07. The normalized spacial score (nSPS) is 15.8. The molecule has 0 bridgehead atoms. The molecule has 1 fully saturated rings. The molecule has 1 aliphatic rings. The molecule has 8 heteroatoms. The Balaban J connectivity index is 1.70. The fourth-order valence-electron chi connectivity index (χ4n) is 3.78. The Morgan fingerprint density at radius 1 is 1.16 bits per heavy atom. The Hall–Kier alpha value is -2.42. The molecule has 1 N–H and O–H groups in total. The van der Waals surface area contributed by atoms with Gasteiger partial charge in [0.25, 0.3) is 0 Å². The fraction of sp³-hybridized carbons (Fsp3) is 0.458. The van der Waals surface area contributed by atoms with Crippen molar-refractivity contribution in [2.45, 2.75) is 44.0 Å². The third kappa shape index (κ3) is 5.88. The molecule has 1 saturated heterocycles. The molecule has 1 atom stereocenters. The minimum atomic E-state index is -3.61. The van der Waals surface area contributed by atoms with E-state index in [0.717, 1.165) is 12.0 Å². The summed E-state index contributed by atoms with van der Waals surface area (Å²) in [5, 5.41) is 3.09. The monoisotopic (exact) mass is 460 g/mol. The van der Waals surface area contributed by atoms with E-state index >= 15 is 0 Å². The van der Waals surface area contributed by atoms with Crippen LogP contribution in [0.3, 0.4) is 0 Å². The predicted molar refractivity (Wildman–Crippen MR) is 123 cm³/mol. The largest absolute Gasteiger partial charge is 0.496 e. The zero-order valence-electron chi connectivity index (χ0n) is 19.0. The molecule has 2 aromatic carbocycles. The van der Waals surface area contributed by atoms with E-state index in [2.05, 4.69) is 5.32 Å². The van der Waals surface area contributed by atoms with Gasteiger partial charge in [-0.15, -0.1) is 0 Å². The number of ether oxygens (including phenoxy) is 2. The van der Waals surface area contributed by atoms with Gasteiger partial charge in [0, 0.05) is 19.5 Å². The molecule has 174 valence electrons. The molecule has 7 nitrogen and oxygen atoms in total. The number of nitrogens with zero attached hydrogens (tertiary/aromatic N) is 1. The van der Waals surface area contributed by atoms with Gasteiger partial charge in [-0.25, -0.2) is 8.42 Å². The summed E-state index contributed by atoms with van der Waals surface area (Å²) < 4.78 is 38.1. The number of hydrogen-bond acceptors (Lipinski definition) is 5. The Kier molecular flexibility index (Phi) is 8.28. The summed E-state index contributed by atoms with van der Waals surface area (Å²) >= 11 is 0. The molecule has 0 radical (unpaired) electrons. The molecular formula is C24H32N2O5S. The smallest absolute Gasteiger partial charge is 0.243 e. The van der Waals surface area contributed by atoms with Crippen LogP contribution in [0.5, 0.6) is 5.75 Å². The first kappa shape index (κ1) is 24.2. The van der Waals surface area contributed by atoms with E-state index in [0.29, 0.717) is 44.0 Å². The summed E-state index contributed by atoms with van der Waals surface area (Å²) in [5.41, 5.74) is 2.94. The van der Waals surface area contributed by atoms with Crippen molar-refractivity contribution in [2.24, 2.45) is 0 Å². The molecule has 0 saturated carbocycles. The van der Waals surface area contributed by atoms with Crippen molar-refractivity contribution in [2.75, 3.05) is 33.4 Å². The second kappa shape index (κ2) is 10.9. The van der Waals surface area contributed by atoms with Crippen molar-refractivity contribution in [3.63, 3.8) is 0 Å². The summed E-state index contributed by atoms with van der Waals surface area (Å²) in [5.74, 6) is 0.491. The average Bonchev–Trinajstić information content (AvgIpc) is 2.82. The number of carbonyl (C=O) groups excluding carboxylic acids is 1. The standard InChI is InChI=1S/C24H32N2O5S/c1-4-22(19-7-5-18(2)6-8-19)25-24(27)12-9-20-17-21(10-11-23(20)30-3)32(28,29)26-13-15-31-16-14-26/h5-8,10-11,17,22H,4,9,12-16H2,1-3H3,(H,25,27)/t22-/m0/s1. The van der Waals surface area contributed by atoms with E-state index in [9.17, 15) is 13.2 Å². The van der Waals surface area contributed by atoms with Crippen LogP contribution < -0.4 is 10.1 Å². The van der Waals surface area contributed by atoms with Crippen molar-refractivity contribution in [3.8, 4) is 5.75 Å². The van der Waals surface area contributed by atoms with Gasteiger partial charge in [0.15, 0.2) is 0 Å². The molecule has 1 heterocycles. The van der Waals surface area contributed by atoms with E-state index in [1.54, 1.807) is 25.3 Å². The summed E-state index contributed by atoms with van der Waals surface area (Å²) in [6.07, 6.45) is 1.40. The van der Waals surface area contributed by atoms with E-state index < -0.39 is 10.0 Å². The molecule has 0 spiro atoms. The third-order valence-corrected chi connectivity index (χ3v) is 7.60. The summed E-state index contributed by atoms with van der Waals surface area (Å²) in [6.45, 7) is 5.52. The number of morpholine rings is 1. The van der Waals surface area contributed by atoms with E-state index in [4.69, 9.17) is 9.47 Å². The predicted octanol–water partition coefficient (Wildman–Crippen LogP) is 3.22. The molecule has 0 aromatic heterocycles. The van der Waals surface area contributed by atoms with Crippen LogP contribution >= 0.6 is 0 Å². The molecule has 3 rings (SSSR count). The zero-order valence-corrected chi connectivity index (χ0v) is 19.8. The van der Waals surface area contributed by atoms with Crippen LogP contribution in [0.4, 0.5) is 0 Å². The molecule has 0 unspecified atom stereocenters.